The fourth-order valence-corrected chi connectivity index (χ4v) is 2.58. The first kappa shape index (κ1) is 12.7. The Labute approximate surface area is 122 Å². The van der Waals surface area contributed by atoms with E-state index in [-0.39, 0.29) is 28.4 Å². The summed E-state index contributed by atoms with van der Waals surface area (Å²) in [5.41, 5.74) is 0.909. The van der Waals surface area contributed by atoms with E-state index in [1.165, 1.54) is 30.3 Å². The summed E-state index contributed by atoms with van der Waals surface area (Å²) < 4.78 is 26.5. The fraction of sp³-hybridized carbons (Fsp3) is 0. The number of aromatic nitrogens is 1. The van der Waals surface area contributed by atoms with Gasteiger partial charge in [0.15, 0.2) is 5.75 Å². The van der Waals surface area contributed by atoms with Crippen LogP contribution in [0.25, 0.3) is 10.9 Å². The van der Waals surface area contributed by atoms with Gasteiger partial charge in [-0.1, -0.05) is 0 Å². The highest BCUT2D eigenvalue weighted by Gasteiger charge is 2.29. The van der Waals surface area contributed by atoms with E-state index in [2.05, 4.69) is 9.98 Å². The van der Waals surface area contributed by atoms with E-state index in [0.29, 0.717) is 10.9 Å². The molecular formula is C16H8F2N2O2. The lowest BCUT2D eigenvalue weighted by molar-refractivity contribution is 0.106. The topological polar surface area (TPSA) is 65.5 Å². The summed E-state index contributed by atoms with van der Waals surface area (Å²) in [4.78, 5) is 19.2. The number of nitrogens with one attached hydrogen (secondary N) is 1. The number of benzene rings is 2. The molecule has 108 valence electrons. The van der Waals surface area contributed by atoms with Crippen LogP contribution in [0.4, 0.5) is 14.5 Å². The average Bonchev–Trinajstić information content (AvgIpc) is 2.96. The number of carbonyl (C=O) groups excluding carboxylic acids is 1. The summed E-state index contributed by atoms with van der Waals surface area (Å²) in [6, 6.07) is 7.51. The second-order valence-electron chi connectivity index (χ2n) is 4.99. The highest BCUT2D eigenvalue weighted by molar-refractivity contribution is 6.55. The molecule has 0 fully saturated rings. The van der Waals surface area contributed by atoms with Crippen LogP contribution >= 0.6 is 0 Å². The zero-order chi connectivity index (χ0) is 15.4. The third-order valence-electron chi connectivity index (χ3n) is 3.62. The minimum atomic E-state index is -0.500. The van der Waals surface area contributed by atoms with Crippen molar-refractivity contribution >= 4 is 28.1 Å². The van der Waals surface area contributed by atoms with Crippen molar-refractivity contribution in [2.75, 3.05) is 0 Å². The van der Waals surface area contributed by atoms with E-state index in [1.807, 2.05) is 0 Å². The van der Waals surface area contributed by atoms with Gasteiger partial charge in [0.1, 0.15) is 23.0 Å². The number of rotatable bonds is 1. The Kier molecular flexibility index (Phi) is 2.45. The number of halogens is 2. The number of aliphatic imine (C=N–C) groups is 1. The van der Waals surface area contributed by atoms with E-state index in [9.17, 15) is 18.7 Å². The standard InChI is InChI=1S/C16H8F2N2O2/c17-7-1-3-9-11(5-7)19-13(15(9)21)14-16(22)10-4-2-8(18)6-12(10)20-14/h1-6,19,21H. The number of carbonyl (C=O) groups is 1. The predicted molar refractivity (Wildman–Crippen MR) is 76.8 cm³/mol. The second-order valence-corrected chi connectivity index (χ2v) is 4.99. The summed E-state index contributed by atoms with van der Waals surface area (Å²) in [5.74, 6) is -1.57. The molecule has 0 unspecified atom stereocenters. The minimum Gasteiger partial charge on any atom is -0.505 e. The summed E-state index contributed by atoms with van der Waals surface area (Å²) >= 11 is 0. The maximum atomic E-state index is 13.3. The van der Waals surface area contributed by atoms with Crippen molar-refractivity contribution in [3.63, 3.8) is 0 Å². The third-order valence-corrected chi connectivity index (χ3v) is 3.62. The maximum Gasteiger partial charge on any atom is 0.215 e. The zero-order valence-electron chi connectivity index (χ0n) is 11.0. The number of aromatic amines is 1. The fourth-order valence-electron chi connectivity index (χ4n) is 2.58. The van der Waals surface area contributed by atoms with Gasteiger partial charge in [-0.25, -0.2) is 13.8 Å². The van der Waals surface area contributed by atoms with Crippen molar-refractivity contribution in [1.82, 2.24) is 4.98 Å². The maximum absolute atomic E-state index is 13.3. The van der Waals surface area contributed by atoms with E-state index in [4.69, 9.17) is 0 Å². The van der Waals surface area contributed by atoms with Crippen molar-refractivity contribution in [2.45, 2.75) is 0 Å². The van der Waals surface area contributed by atoms with Crippen molar-refractivity contribution in [1.29, 1.82) is 0 Å². The SMILES string of the molecule is O=C1C(c2[nH]c3cc(F)ccc3c2O)=Nc2cc(F)ccc21. The van der Waals surface area contributed by atoms with E-state index < -0.39 is 17.4 Å². The van der Waals surface area contributed by atoms with Crippen LogP contribution < -0.4 is 0 Å². The first-order valence-electron chi connectivity index (χ1n) is 6.48. The largest absolute Gasteiger partial charge is 0.505 e. The summed E-state index contributed by atoms with van der Waals surface area (Å²) in [6.45, 7) is 0. The molecule has 2 N–H and O–H groups in total. The Balaban J connectivity index is 1.92. The highest BCUT2D eigenvalue weighted by Crippen LogP contribution is 2.35. The number of fused-ring (bicyclic) bond motifs is 2. The molecule has 22 heavy (non-hydrogen) atoms. The Morgan fingerprint density at radius 2 is 1.77 bits per heavy atom. The monoisotopic (exact) mass is 298 g/mol. The Bertz CT molecular complexity index is 989. The molecule has 0 saturated heterocycles. The third kappa shape index (κ3) is 1.67. The number of Topliss-reactive ketones (excluding diaryl/α,β-unsaturated/α-hetero) is 1. The van der Waals surface area contributed by atoms with Crippen molar-refractivity contribution < 1.29 is 18.7 Å². The molecule has 1 aliphatic rings. The number of hydrogen-bond acceptors (Lipinski definition) is 3. The van der Waals surface area contributed by atoms with Gasteiger partial charge in [0.2, 0.25) is 5.78 Å². The van der Waals surface area contributed by atoms with Gasteiger partial charge in [0.05, 0.1) is 16.8 Å². The van der Waals surface area contributed by atoms with Crippen LogP contribution in [-0.2, 0) is 0 Å². The molecule has 6 heteroatoms. The Hall–Kier alpha value is -3.02. The first-order valence-corrected chi connectivity index (χ1v) is 6.48. The molecule has 1 aromatic heterocycles. The van der Waals surface area contributed by atoms with Gasteiger partial charge in [0.25, 0.3) is 0 Å². The van der Waals surface area contributed by atoms with Crippen LogP contribution in [0.5, 0.6) is 5.75 Å². The number of hydrogen-bond donors (Lipinski definition) is 2. The minimum absolute atomic E-state index is 0.0188. The summed E-state index contributed by atoms with van der Waals surface area (Å²) in [6.07, 6.45) is 0. The number of aromatic hydroxyl groups is 1. The van der Waals surface area contributed by atoms with Crippen molar-refractivity contribution in [2.24, 2.45) is 4.99 Å². The molecule has 0 aliphatic carbocycles. The summed E-state index contributed by atoms with van der Waals surface area (Å²) in [5, 5.41) is 10.6. The van der Waals surface area contributed by atoms with Crippen molar-refractivity contribution in [3.8, 4) is 5.75 Å². The van der Waals surface area contributed by atoms with Gasteiger partial charge in [-0.05, 0) is 30.3 Å². The molecule has 0 radical (unpaired) electrons. The molecule has 1 aliphatic heterocycles. The zero-order valence-corrected chi connectivity index (χ0v) is 11.0. The number of nitrogens with zero attached hydrogens (tertiary/aromatic N) is 1. The molecule has 4 rings (SSSR count). The average molecular weight is 298 g/mol. The molecular weight excluding hydrogens is 290 g/mol. The number of H-pyrrole nitrogens is 1. The molecule has 3 aromatic rings. The highest BCUT2D eigenvalue weighted by atomic mass is 19.1. The molecule has 2 heterocycles. The van der Waals surface area contributed by atoms with Crippen LogP contribution in [0.3, 0.4) is 0 Å². The molecule has 2 aromatic carbocycles. The van der Waals surface area contributed by atoms with Gasteiger partial charge in [-0.3, -0.25) is 4.79 Å². The predicted octanol–water partition coefficient (Wildman–Crippen LogP) is 3.47. The van der Waals surface area contributed by atoms with Crippen LogP contribution in [0, 0.1) is 11.6 Å². The lowest BCUT2D eigenvalue weighted by atomic mass is 10.1. The number of ketones is 1. The van der Waals surface area contributed by atoms with Crippen LogP contribution in [0.15, 0.2) is 41.4 Å². The van der Waals surface area contributed by atoms with Crippen LogP contribution in [0.2, 0.25) is 0 Å². The van der Waals surface area contributed by atoms with Gasteiger partial charge < -0.3 is 10.1 Å². The van der Waals surface area contributed by atoms with E-state index in [0.717, 1.165) is 6.07 Å². The lowest BCUT2D eigenvalue weighted by Gasteiger charge is -1.97. The van der Waals surface area contributed by atoms with E-state index >= 15 is 0 Å². The van der Waals surface area contributed by atoms with Gasteiger partial charge in [-0.15, -0.1) is 0 Å². The quantitative estimate of drug-likeness (QED) is 0.722. The van der Waals surface area contributed by atoms with Gasteiger partial charge in [0, 0.05) is 11.5 Å². The smallest absolute Gasteiger partial charge is 0.215 e. The molecule has 0 spiro atoms. The van der Waals surface area contributed by atoms with E-state index in [1.54, 1.807) is 0 Å². The lowest BCUT2D eigenvalue weighted by Crippen LogP contribution is -2.11. The molecule has 0 saturated carbocycles. The van der Waals surface area contributed by atoms with Gasteiger partial charge in [-0.2, -0.15) is 0 Å². The normalized spacial score (nSPS) is 13.5. The van der Waals surface area contributed by atoms with Crippen LogP contribution in [-0.4, -0.2) is 21.6 Å². The van der Waals surface area contributed by atoms with Crippen molar-refractivity contribution in [3.05, 3.63) is 59.3 Å². The molecule has 0 bridgehead atoms. The Morgan fingerprint density at radius 1 is 1.05 bits per heavy atom. The van der Waals surface area contributed by atoms with Gasteiger partial charge >= 0.3 is 0 Å². The second kappa shape index (κ2) is 4.24. The van der Waals surface area contributed by atoms with Crippen LogP contribution in [0.1, 0.15) is 16.1 Å². The molecule has 0 amide bonds. The molecule has 0 atom stereocenters. The molecule has 4 nitrogen and oxygen atoms in total. The summed E-state index contributed by atoms with van der Waals surface area (Å²) in [7, 11) is 0. The Morgan fingerprint density at radius 3 is 2.59 bits per heavy atom. The first-order chi connectivity index (χ1) is 10.5.